The lowest BCUT2D eigenvalue weighted by molar-refractivity contribution is -0.143. The monoisotopic (exact) mass is 520 g/mol. The highest BCUT2D eigenvalue weighted by Gasteiger charge is 2.38. The van der Waals surface area contributed by atoms with Gasteiger partial charge in [0.25, 0.3) is 0 Å². The van der Waals surface area contributed by atoms with E-state index in [9.17, 15) is 39.0 Å². The van der Waals surface area contributed by atoms with Crippen molar-refractivity contribution in [3.63, 3.8) is 0 Å². The molecule has 37 heavy (non-hydrogen) atoms. The zero-order valence-electron chi connectivity index (χ0n) is 20.1. The van der Waals surface area contributed by atoms with Crippen LogP contribution in [0.15, 0.2) is 24.3 Å². The van der Waals surface area contributed by atoms with Crippen LogP contribution in [0.25, 0.3) is 0 Å². The number of carboxylic acids is 1. The third kappa shape index (κ3) is 8.75. The predicted octanol–water partition coefficient (Wildman–Crippen LogP) is -2.55. The van der Waals surface area contributed by atoms with Crippen molar-refractivity contribution in [3.05, 3.63) is 29.8 Å². The van der Waals surface area contributed by atoms with Gasteiger partial charge in [-0.3, -0.25) is 24.0 Å². The molecule has 0 aromatic heterocycles. The van der Waals surface area contributed by atoms with Crippen molar-refractivity contribution in [2.45, 2.75) is 62.7 Å². The number of benzene rings is 1. The van der Waals surface area contributed by atoms with Crippen LogP contribution in [0, 0.1) is 0 Å². The van der Waals surface area contributed by atoms with E-state index in [1.165, 1.54) is 29.2 Å². The molecule has 14 nitrogen and oxygen atoms in total. The average molecular weight is 521 g/mol. The molecule has 1 heterocycles. The number of hydrogen-bond donors (Lipinski definition) is 7. The Morgan fingerprint density at radius 1 is 1.00 bits per heavy atom. The summed E-state index contributed by atoms with van der Waals surface area (Å²) in [5.41, 5.74) is 16.5. The van der Waals surface area contributed by atoms with E-state index in [0.717, 1.165) is 0 Å². The smallest absolute Gasteiger partial charge is 0.326 e. The van der Waals surface area contributed by atoms with Crippen molar-refractivity contribution in [1.29, 1.82) is 0 Å². The minimum Gasteiger partial charge on any atom is -0.508 e. The number of phenolic OH excluding ortho intramolecular Hbond substituents is 1. The number of phenols is 1. The predicted molar refractivity (Wildman–Crippen MR) is 128 cm³/mol. The summed E-state index contributed by atoms with van der Waals surface area (Å²) < 4.78 is 0. The third-order valence-corrected chi connectivity index (χ3v) is 5.88. The Morgan fingerprint density at radius 2 is 1.65 bits per heavy atom. The molecule has 4 atom stereocenters. The minimum absolute atomic E-state index is 0.0152. The number of carbonyl (C=O) groups is 6. The molecule has 0 aliphatic carbocycles. The Bertz CT molecular complexity index is 1030. The van der Waals surface area contributed by atoms with E-state index >= 15 is 0 Å². The number of carboxylic acid groups (broad SMARTS) is 1. The van der Waals surface area contributed by atoms with E-state index in [1.54, 1.807) is 0 Å². The van der Waals surface area contributed by atoms with Gasteiger partial charge in [-0.1, -0.05) is 12.1 Å². The molecule has 1 aromatic carbocycles. The molecule has 0 saturated carbocycles. The number of hydrogen-bond acceptors (Lipinski definition) is 8. The maximum Gasteiger partial charge on any atom is 0.326 e. The van der Waals surface area contributed by atoms with Gasteiger partial charge in [-0.05, 0) is 37.0 Å². The van der Waals surface area contributed by atoms with Gasteiger partial charge in [-0.25, -0.2) is 4.79 Å². The highest BCUT2D eigenvalue weighted by atomic mass is 16.4. The summed E-state index contributed by atoms with van der Waals surface area (Å²) >= 11 is 0. The first-order valence-electron chi connectivity index (χ1n) is 11.6. The first-order valence-corrected chi connectivity index (χ1v) is 11.6. The largest absolute Gasteiger partial charge is 0.508 e. The summed E-state index contributed by atoms with van der Waals surface area (Å²) in [6, 6.07) is 0.943. The summed E-state index contributed by atoms with van der Waals surface area (Å²) in [4.78, 5) is 73.9. The molecular weight excluding hydrogens is 488 g/mol. The number of nitrogens with two attached hydrogens (primary N) is 3. The van der Waals surface area contributed by atoms with Gasteiger partial charge < -0.3 is 42.9 Å². The van der Waals surface area contributed by atoms with Gasteiger partial charge in [0.15, 0.2) is 0 Å². The van der Waals surface area contributed by atoms with Gasteiger partial charge in [-0.15, -0.1) is 0 Å². The van der Waals surface area contributed by atoms with E-state index in [4.69, 9.17) is 17.2 Å². The van der Waals surface area contributed by atoms with Crippen LogP contribution in [0.1, 0.15) is 37.7 Å². The Balaban J connectivity index is 2.21. The Labute approximate surface area is 212 Å². The summed E-state index contributed by atoms with van der Waals surface area (Å²) in [5.74, 6) is -5.04. The van der Waals surface area contributed by atoms with E-state index in [2.05, 4.69) is 10.6 Å². The summed E-state index contributed by atoms with van der Waals surface area (Å²) in [7, 11) is 0. The molecule has 1 aliphatic rings. The van der Waals surface area contributed by atoms with Crippen molar-refractivity contribution in [1.82, 2.24) is 15.5 Å². The molecular formula is C23H32N6O8. The van der Waals surface area contributed by atoms with Crippen molar-refractivity contribution in [2.75, 3.05) is 6.54 Å². The lowest BCUT2D eigenvalue weighted by Gasteiger charge is -2.28. The van der Waals surface area contributed by atoms with Crippen molar-refractivity contribution >= 4 is 35.5 Å². The summed E-state index contributed by atoms with van der Waals surface area (Å²) in [6.45, 7) is 0.215. The van der Waals surface area contributed by atoms with Crippen LogP contribution >= 0.6 is 0 Å². The first-order chi connectivity index (χ1) is 17.4. The number of aliphatic carboxylic acids is 1. The fourth-order valence-electron chi connectivity index (χ4n) is 3.98. The molecule has 2 rings (SSSR count). The second-order valence-electron chi connectivity index (χ2n) is 8.80. The quantitative estimate of drug-likeness (QED) is 0.144. The number of carbonyl (C=O) groups excluding carboxylic acids is 5. The molecule has 4 unspecified atom stereocenters. The third-order valence-electron chi connectivity index (χ3n) is 5.88. The standard InChI is InChI=1S/C23H32N6O8/c24-14(11-19(26)32)22(35)29-9-1-2-17(29)21(34)28-16(10-12-3-5-13(30)6-4-12)20(33)27-15(23(36)37)7-8-18(25)31/h3-6,14-17,30H,1-2,7-11,24H2,(H2,25,31)(H2,26,32)(H,27,33)(H,28,34)(H,36,37). The zero-order chi connectivity index (χ0) is 27.7. The molecule has 5 amide bonds. The molecule has 14 heteroatoms. The van der Waals surface area contributed by atoms with Gasteiger partial charge in [0.1, 0.15) is 23.9 Å². The number of nitrogens with zero attached hydrogens (tertiary/aromatic N) is 1. The normalized spacial score (nSPS) is 17.3. The SMILES string of the molecule is NC(=O)CCC(NC(=O)C(Cc1ccc(O)cc1)NC(=O)C1CCCN1C(=O)C(N)CC(N)=O)C(=O)O. The number of primary amides is 2. The fourth-order valence-corrected chi connectivity index (χ4v) is 3.98. The Kier molecular flexibility index (Phi) is 10.4. The molecule has 0 spiro atoms. The van der Waals surface area contributed by atoms with Crippen molar-refractivity contribution in [3.8, 4) is 5.75 Å². The van der Waals surface area contributed by atoms with Crippen LogP contribution in [0.5, 0.6) is 5.75 Å². The maximum absolute atomic E-state index is 13.2. The van der Waals surface area contributed by atoms with Crippen molar-refractivity contribution in [2.24, 2.45) is 17.2 Å². The first kappa shape index (κ1) is 29.0. The lowest BCUT2D eigenvalue weighted by Crippen LogP contribution is -2.57. The van der Waals surface area contributed by atoms with Gasteiger partial charge in [0, 0.05) is 19.4 Å². The topological polar surface area (TPSA) is 248 Å². The van der Waals surface area contributed by atoms with Gasteiger partial charge in [-0.2, -0.15) is 0 Å². The van der Waals surface area contributed by atoms with E-state index in [0.29, 0.717) is 12.0 Å². The lowest BCUT2D eigenvalue weighted by atomic mass is 10.0. The van der Waals surface area contributed by atoms with Gasteiger partial charge >= 0.3 is 5.97 Å². The minimum atomic E-state index is -1.43. The number of likely N-dealkylation sites (tertiary alicyclic amines) is 1. The molecule has 1 saturated heterocycles. The van der Waals surface area contributed by atoms with Crippen LogP contribution in [0.4, 0.5) is 0 Å². The molecule has 1 aromatic rings. The second-order valence-corrected chi connectivity index (χ2v) is 8.80. The summed E-state index contributed by atoms with van der Waals surface area (Å²) in [5, 5.41) is 23.8. The van der Waals surface area contributed by atoms with Crippen LogP contribution < -0.4 is 27.8 Å². The van der Waals surface area contributed by atoms with Gasteiger partial charge in [0.2, 0.25) is 29.5 Å². The molecule has 0 bridgehead atoms. The number of aromatic hydroxyl groups is 1. The second kappa shape index (κ2) is 13.2. The van der Waals surface area contributed by atoms with E-state index in [-0.39, 0.29) is 38.0 Å². The van der Waals surface area contributed by atoms with E-state index < -0.39 is 66.1 Å². The fraction of sp³-hybridized carbons (Fsp3) is 0.478. The van der Waals surface area contributed by atoms with Crippen molar-refractivity contribution < 1.29 is 39.0 Å². The van der Waals surface area contributed by atoms with Crippen LogP contribution in [0.2, 0.25) is 0 Å². The number of nitrogens with one attached hydrogen (secondary N) is 2. The van der Waals surface area contributed by atoms with Crippen LogP contribution in [0.3, 0.4) is 0 Å². The molecule has 10 N–H and O–H groups in total. The highest BCUT2D eigenvalue weighted by molar-refractivity contribution is 5.95. The molecule has 0 radical (unpaired) electrons. The maximum atomic E-state index is 13.2. The number of amides is 5. The van der Waals surface area contributed by atoms with E-state index in [1.807, 2.05) is 0 Å². The average Bonchev–Trinajstić information content (AvgIpc) is 3.31. The Hall–Kier alpha value is -4.20. The summed E-state index contributed by atoms with van der Waals surface area (Å²) in [6.07, 6.45) is -0.226. The number of rotatable bonds is 13. The zero-order valence-corrected chi connectivity index (χ0v) is 20.1. The Morgan fingerprint density at radius 3 is 2.22 bits per heavy atom. The molecule has 202 valence electrons. The van der Waals surface area contributed by atoms with Gasteiger partial charge in [0.05, 0.1) is 12.5 Å². The molecule has 1 aliphatic heterocycles. The van der Waals surface area contributed by atoms with Crippen LogP contribution in [-0.2, 0) is 35.2 Å². The highest BCUT2D eigenvalue weighted by Crippen LogP contribution is 2.20. The van der Waals surface area contributed by atoms with Crippen LogP contribution in [-0.4, -0.2) is 81.3 Å². The molecule has 1 fully saturated rings.